The summed E-state index contributed by atoms with van der Waals surface area (Å²) >= 11 is 0. The zero-order valence-corrected chi connectivity index (χ0v) is 11.6. The molecule has 0 aromatic heterocycles. The second-order valence-electron chi connectivity index (χ2n) is 4.49. The SMILES string of the molecule is Cc1cc(C#CCN)ccc1OCc1cccc(F)c1F. The Morgan fingerprint density at radius 2 is 2.00 bits per heavy atom. The highest BCUT2D eigenvalue weighted by Gasteiger charge is 2.08. The van der Waals surface area contributed by atoms with Gasteiger partial charge < -0.3 is 10.5 Å². The van der Waals surface area contributed by atoms with Crippen LogP contribution < -0.4 is 10.5 Å². The van der Waals surface area contributed by atoms with Crippen LogP contribution in [0.15, 0.2) is 36.4 Å². The van der Waals surface area contributed by atoms with Gasteiger partial charge in [0.15, 0.2) is 11.6 Å². The Morgan fingerprint density at radius 1 is 1.19 bits per heavy atom. The normalized spacial score (nSPS) is 9.90. The van der Waals surface area contributed by atoms with Gasteiger partial charge >= 0.3 is 0 Å². The third kappa shape index (κ3) is 3.80. The third-order valence-corrected chi connectivity index (χ3v) is 2.92. The second kappa shape index (κ2) is 6.87. The highest BCUT2D eigenvalue weighted by Crippen LogP contribution is 2.21. The summed E-state index contributed by atoms with van der Waals surface area (Å²) in [5.41, 5.74) is 7.21. The highest BCUT2D eigenvalue weighted by atomic mass is 19.2. The van der Waals surface area contributed by atoms with Crippen molar-refractivity contribution in [2.75, 3.05) is 6.54 Å². The molecule has 0 aliphatic heterocycles. The van der Waals surface area contributed by atoms with Crippen molar-refractivity contribution in [2.24, 2.45) is 5.73 Å². The van der Waals surface area contributed by atoms with E-state index in [2.05, 4.69) is 11.8 Å². The average Bonchev–Trinajstić information content (AvgIpc) is 2.48. The van der Waals surface area contributed by atoms with Crippen LogP contribution in [0.3, 0.4) is 0 Å². The average molecular weight is 287 g/mol. The molecule has 2 nitrogen and oxygen atoms in total. The number of halogens is 2. The Hall–Kier alpha value is -2.38. The summed E-state index contributed by atoms with van der Waals surface area (Å²) in [6.07, 6.45) is 0. The highest BCUT2D eigenvalue weighted by molar-refractivity contribution is 5.43. The maximum Gasteiger partial charge on any atom is 0.165 e. The smallest absolute Gasteiger partial charge is 0.165 e. The Labute approximate surface area is 122 Å². The molecule has 0 aliphatic carbocycles. The Kier molecular flexibility index (Phi) is 4.91. The summed E-state index contributed by atoms with van der Waals surface area (Å²) < 4.78 is 32.2. The van der Waals surface area contributed by atoms with Gasteiger partial charge in [0.05, 0.1) is 6.54 Å². The molecule has 0 unspecified atom stereocenters. The number of ether oxygens (including phenoxy) is 1. The molecule has 0 fully saturated rings. The first-order chi connectivity index (χ1) is 10.1. The van der Waals surface area contributed by atoms with E-state index >= 15 is 0 Å². The monoisotopic (exact) mass is 287 g/mol. The van der Waals surface area contributed by atoms with Gasteiger partial charge in [-0.05, 0) is 36.8 Å². The molecule has 2 N–H and O–H groups in total. The summed E-state index contributed by atoms with van der Waals surface area (Å²) in [7, 11) is 0. The first kappa shape index (κ1) is 15.0. The summed E-state index contributed by atoms with van der Waals surface area (Å²) in [4.78, 5) is 0. The van der Waals surface area contributed by atoms with Crippen LogP contribution in [0, 0.1) is 30.4 Å². The zero-order valence-electron chi connectivity index (χ0n) is 11.6. The molecule has 2 aromatic rings. The molecule has 0 radical (unpaired) electrons. The van der Waals surface area contributed by atoms with Crippen molar-refractivity contribution in [1.82, 2.24) is 0 Å². The van der Waals surface area contributed by atoms with E-state index in [1.54, 1.807) is 12.1 Å². The molecule has 0 saturated heterocycles. The molecular weight excluding hydrogens is 272 g/mol. The van der Waals surface area contributed by atoms with Crippen molar-refractivity contribution in [3.8, 4) is 17.6 Å². The van der Waals surface area contributed by atoms with Crippen LogP contribution in [0.1, 0.15) is 16.7 Å². The van der Waals surface area contributed by atoms with Crippen LogP contribution >= 0.6 is 0 Å². The fraction of sp³-hybridized carbons (Fsp3) is 0.176. The lowest BCUT2D eigenvalue weighted by Gasteiger charge is -2.10. The molecule has 4 heteroatoms. The lowest BCUT2D eigenvalue weighted by molar-refractivity contribution is 0.295. The van der Waals surface area contributed by atoms with Gasteiger partial charge in [-0.3, -0.25) is 0 Å². The van der Waals surface area contributed by atoms with E-state index in [0.29, 0.717) is 12.3 Å². The van der Waals surface area contributed by atoms with Gasteiger partial charge in [-0.25, -0.2) is 8.78 Å². The predicted octanol–water partition coefficient (Wildman–Crippen LogP) is 3.16. The molecule has 0 saturated carbocycles. The maximum absolute atomic E-state index is 13.5. The lowest BCUT2D eigenvalue weighted by Crippen LogP contribution is -2.01. The van der Waals surface area contributed by atoms with E-state index in [1.807, 2.05) is 13.0 Å². The van der Waals surface area contributed by atoms with Gasteiger partial charge in [-0.1, -0.05) is 24.0 Å². The fourth-order valence-corrected chi connectivity index (χ4v) is 1.86. The van der Waals surface area contributed by atoms with Crippen LogP contribution in [0.25, 0.3) is 0 Å². The first-order valence-corrected chi connectivity index (χ1v) is 6.47. The molecule has 0 spiro atoms. The number of rotatable bonds is 3. The number of benzene rings is 2. The standard InChI is InChI=1S/C17H15F2NO/c1-12-10-13(4-3-9-20)7-8-16(12)21-11-14-5-2-6-15(18)17(14)19/h2,5-8,10H,9,11,20H2,1H3. The van der Waals surface area contributed by atoms with Crippen LogP contribution in [0.2, 0.25) is 0 Å². The number of hydrogen-bond acceptors (Lipinski definition) is 2. The Bertz CT molecular complexity index is 702. The lowest BCUT2D eigenvalue weighted by atomic mass is 10.1. The van der Waals surface area contributed by atoms with E-state index in [4.69, 9.17) is 10.5 Å². The fourth-order valence-electron chi connectivity index (χ4n) is 1.86. The van der Waals surface area contributed by atoms with Crippen molar-refractivity contribution in [3.05, 3.63) is 64.7 Å². The summed E-state index contributed by atoms with van der Waals surface area (Å²) in [6.45, 7) is 2.14. The maximum atomic E-state index is 13.5. The molecule has 108 valence electrons. The molecule has 2 aromatic carbocycles. The number of nitrogens with two attached hydrogens (primary N) is 1. The Balaban J connectivity index is 2.12. The molecule has 21 heavy (non-hydrogen) atoms. The van der Waals surface area contributed by atoms with E-state index in [-0.39, 0.29) is 12.2 Å². The van der Waals surface area contributed by atoms with Crippen LogP contribution in [0.5, 0.6) is 5.75 Å². The third-order valence-electron chi connectivity index (χ3n) is 2.92. The molecular formula is C17H15F2NO. The van der Waals surface area contributed by atoms with Gasteiger partial charge in [0.2, 0.25) is 0 Å². The summed E-state index contributed by atoms with van der Waals surface area (Å²) in [6, 6.07) is 9.44. The van der Waals surface area contributed by atoms with E-state index in [1.165, 1.54) is 12.1 Å². The molecule has 0 heterocycles. The second-order valence-corrected chi connectivity index (χ2v) is 4.49. The number of aryl methyl sites for hydroxylation is 1. The Morgan fingerprint density at radius 3 is 2.71 bits per heavy atom. The van der Waals surface area contributed by atoms with Crippen molar-refractivity contribution in [2.45, 2.75) is 13.5 Å². The zero-order chi connectivity index (χ0) is 15.2. The predicted molar refractivity (Wildman–Crippen MR) is 77.8 cm³/mol. The minimum Gasteiger partial charge on any atom is -0.489 e. The number of hydrogen-bond donors (Lipinski definition) is 1. The van der Waals surface area contributed by atoms with Gasteiger partial charge in [0.1, 0.15) is 12.4 Å². The summed E-state index contributed by atoms with van der Waals surface area (Å²) in [5.74, 6) is 4.55. The first-order valence-electron chi connectivity index (χ1n) is 6.47. The minimum absolute atomic E-state index is 0.0295. The van der Waals surface area contributed by atoms with Gasteiger partial charge in [0.25, 0.3) is 0 Å². The molecule has 0 amide bonds. The minimum atomic E-state index is -0.875. The van der Waals surface area contributed by atoms with Gasteiger partial charge in [0, 0.05) is 11.1 Å². The summed E-state index contributed by atoms with van der Waals surface area (Å²) in [5, 5.41) is 0. The van der Waals surface area contributed by atoms with Gasteiger partial charge in [-0.2, -0.15) is 0 Å². The van der Waals surface area contributed by atoms with Crippen LogP contribution in [-0.4, -0.2) is 6.54 Å². The molecule has 0 bridgehead atoms. The molecule has 0 atom stereocenters. The van der Waals surface area contributed by atoms with Crippen molar-refractivity contribution < 1.29 is 13.5 Å². The van der Waals surface area contributed by atoms with Crippen molar-refractivity contribution in [1.29, 1.82) is 0 Å². The quantitative estimate of drug-likeness (QED) is 0.880. The van der Waals surface area contributed by atoms with E-state index in [0.717, 1.165) is 17.2 Å². The van der Waals surface area contributed by atoms with Crippen LogP contribution in [0.4, 0.5) is 8.78 Å². The molecule has 0 aliphatic rings. The van der Waals surface area contributed by atoms with Crippen LogP contribution in [-0.2, 0) is 6.61 Å². The van der Waals surface area contributed by atoms with Gasteiger partial charge in [-0.15, -0.1) is 0 Å². The molecule has 2 rings (SSSR count). The topological polar surface area (TPSA) is 35.2 Å². The van der Waals surface area contributed by atoms with Crippen molar-refractivity contribution in [3.63, 3.8) is 0 Å². The largest absolute Gasteiger partial charge is 0.489 e. The van der Waals surface area contributed by atoms with E-state index in [9.17, 15) is 8.78 Å². The van der Waals surface area contributed by atoms with Crippen molar-refractivity contribution >= 4 is 0 Å². The van der Waals surface area contributed by atoms with E-state index < -0.39 is 11.6 Å².